The number of aliphatic hydroxyl groups excluding tert-OH is 1. The molecule has 2 aliphatic heterocycles. The van der Waals surface area contributed by atoms with Crippen LogP contribution >= 0.6 is 0 Å². The van der Waals surface area contributed by atoms with E-state index in [9.17, 15) is 33.1 Å². The monoisotopic (exact) mass is 558 g/mol. The molecule has 0 bridgehead atoms. The fourth-order valence-corrected chi connectivity index (χ4v) is 5.94. The van der Waals surface area contributed by atoms with Crippen LogP contribution in [0.5, 0.6) is 0 Å². The van der Waals surface area contributed by atoms with E-state index < -0.39 is 42.0 Å². The van der Waals surface area contributed by atoms with Gasteiger partial charge in [0.15, 0.2) is 0 Å². The normalized spacial score (nSPS) is 24.3. The van der Waals surface area contributed by atoms with E-state index in [0.29, 0.717) is 38.8 Å². The number of carbonyl (C=O) groups excluding carboxylic acids is 4. The minimum absolute atomic E-state index is 0.0128. The van der Waals surface area contributed by atoms with Gasteiger partial charge in [0.1, 0.15) is 12.1 Å². The summed E-state index contributed by atoms with van der Waals surface area (Å²) in [5.74, 6) is -3.67. The van der Waals surface area contributed by atoms with E-state index in [1.54, 1.807) is 4.90 Å². The third-order valence-corrected chi connectivity index (χ3v) is 8.38. The number of likely N-dealkylation sites (N-methyl/N-ethyl adjacent to an activating group) is 1. The molecule has 2 unspecified atom stereocenters. The standard InChI is InChI=1S/C27H44F2N4O6/c1-17(2)13-22(32(4)25(38)39-21-5-7-27(28,29)8-6-21)24(37)30-20(16-34)14-19-15-26(31-23(19)36)9-11-33(12-10-26)18(3)35/h17,19-22,34H,5-16H2,1-4H3,(H,30,37)(H,31,36)/t19?,20?,22-/m0/s1. The number of halogens is 2. The Hall–Kier alpha value is -2.50. The van der Waals surface area contributed by atoms with Crippen molar-refractivity contribution in [1.82, 2.24) is 20.4 Å². The lowest BCUT2D eigenvalue weighted by Crippen LogP contribution is -2.52. The second-order valence-electron chi connectivity index (χ2n) is 12.0. The number of carbonyl (C=O) groups is 4. The number of hydrogen-bond acceptors (Lipinski definition) is 6. The minimum Gasteiger partial charge on any atom is -0.446 e. The van der Waals surface area contributed by atoms with Crippen molar-refractivity contribution in [2.24, 2.45) is 11.8 Å². The molecule has 222 valence electrons. The zero-order chi connectivity index (χ0) is 29.0. The SMILES string of the molecule is CC(=O)N1CCC2(CC1)CC(CC(CO)NC(=O)[C@H](CC(C)C)N(C)C(=O)OC1CCC(F)(F)CC1)C(=O)N2. The number of nitrogens with one attached hydrogen (secondary N) is 2. The largest absolute Gasteiger partial charge is 0.446 e. The Bertz CT molecular complexity index is 899. The van der Waals surface area contributed by atoms with E-state index in [1.807, 2.05) is 13.8 Å². The van der Waals surface area contributed by atoms with E-state index in [2.05, 4.69) is 10.6 Å². The van der Waals surface area contributed by atoms with Crippen molar-refractivity contribution in [3.63, 3.8) is 0 Å². The molecule has 0 aromatic rings. The second-order valence-corrected chi connectivity index (χ2v) is 12.0. The molecular weight excluding hydrogens is 514 g/mol. The summed E-state index contributed by atoms with van der Waals surface area (Å²) in [5, 5.41) is 15.9. The van der Waals surface area contributed by atoms with Crippen molar-refractivity contribution < 1.29 is 37.8 Å². The first-order chi connectivity index (χ1) is 18.2. The van der Waals surface area contributed by atoms with E-state index in [4.69, 9.17) is 4.74 Å². The van der Waals surface area contributed by atoms with Crippen molar-refractivity contribution in [3.05, 3.63) is 0 Å². The molecule has 2 heterocycles. The van der Waals surface area contributed by atoms with Crippen molar-refractivity contribution in [2.75, 3.05) is 26.7 Å². The minimum atomic E-state index is -2.74. The molecule has 3 aliphatic rings. The van der Waals surface area contributed by atoms with E-state index >= 15 is 0 Å². The maximum absolute atomic E-state index is 13.5. The van der Waals surface area contributed by atoms with Crippen molar-refractivity contribution in [3.8, 4) is 0 Å². The molecule has 3 rings (SSSR count). The number of rotatable bonds is 9. The summed E-state index contributed by atoms with van der Waals surface area (Å²) < 4.78 is 32.4. The summed E-state index contributed by atoms with van der Waals surface area (Å²) in [5.41, 5.74) is -0.384. The molecule has 1 spiro atoms. The highest BCUT2D eigenvalue weighted by Crippen LogP contribution is 2.37. The Balaban J connectivity index is 1.58. The number of alkyl halides is 2. The highest BCUT2D eigenvalue weighted by atomic mass is 19.3. The van der Waals surface area contributed by atoms with Gasteiger partial charge in [-0.25, -0.2) is 13.6 Å². The van der Waals surface area contributed by atoms with Crippen LogP contribution in [0.25, 0.3) is 0 Å². The van der Waals surface area contributed by atoms with Crippen molar-refractivity contribution >= 4 is 23.8 Å². The van der Waals surface area contributed by atoms with Gasteiger partial charge in [0.05, 0.1) is 12.6 Å². The summed E-state index contributed by atoms with van der Waals surface area (Å²) in [4.78, 5) is 53.6. The zero-order valence-corrected chi connectivity index (χ0v) is 23.5. The Morgan fingerprint density at radius 3 is 2.33 bits per heavy atom. The summed E-state index contributed by atoms with van der Waals surface area (Å²) in [7, 11) is 1.45. The summed E-state index contributed by atoms with van der Waals surface area (Å²) >= 11 is 0. The lowest BCUT2D eigenvalue weighted by atomic mass is 9.82. The Labute approximate surface area is 229 Å². The summed E-state index contributed by atoms with van der Waals surface area (Å²) in [6.45, 7) is 6.12. The van der Waals surface area contributed by atoms with Gasteiger partial charge in [-0.2, -0.15) is 0 Å². The van der Waals surface area contributed by atoms with Gasteiger partial charge in [-0.1, -0.05) is 13.8 Å². The second kappa shape index (κ2) is 12.8. The number of aliphatic hydroxyl groups is 1. The van der Waals surface area contributed by atoms with Gasteiger partial charge in [-0.15, -0.1) is 0 Å². The smallest absolute Gasteiger partial charge is 0.410 e. The van der Waals surface area contributed by atoms with Gasteiger partial charge >= 0.3 is 6.09 Å². The molecule has 0 aromatic carbocycles. The van der Waals surface area contributed by atoms with Crippen LogP contribution in [0, 0.1) is 11.8 Å². The van der Waals surface area contributed by atoms with E-state index in [-0.39, 0.29) is 62.0 Å². The highest BCUT2D eigenvalue weighted by Gasteiger charge is 2.46. The molecule has 3 fully saturated rings. The third kappa shape index (κ3) is 8.25. The van der Waals surface area contributed by atoms with Crippen molar-refractivity contribution in [2.45, 2.75) is 108 Å². The Morgan fingerprint density at radius 1 is 1.18 bits per heavy atom. The van der Waals surface area contributed by atoms with Crippen LogP contribution in [0.4, 0.5) is 13.6 Å². The van der Waals surface area contributed by atoms with Crippen LogP contribution < -0.4 is 10.6 Å². The van der Waals surface area contributed by atoms with Crippen LogP contribution in [0.2, 0.25) is 0 Å². The van der Waals surface area contributed by atoms with Gasteiger partial charge in [0.25, 0.3) is 0 Å². The van der Waals surface area contributed by atoms with Gasteiger partial charge in [-0.3, -0.25) is 19.3 Å². The Morgan fingerprint density at radius 2 is 1.79 bits per heavy atom. The molecule has 0 radical (unpaired) electrons. The fourth-order valence-electron chi connectivity index (χ4n) is 5.94. The molecule has 1 aliphatic carbocycles. The van der Waals surface area contributed by atoms with Crippen molar-refractivity contribution in [1.29, 1.82) is 0 Å². The number of amides is 4. The average molecular weight is 559 g/mol. The van der Waals surface area contributed by atoms with E-state index in [0.717, 1.165) is 0 Å². The molecule has 1 saturated carbocycles. The third-order valence-electron chi connectivity index (χ3n) is 8.38. The highest BCUT2D eigenvalue weighted by molar-refractivity contribution is 5.86. The topological polar surface area (TPSA) is 128 Å². The van der Waals surface area contributed by atoms with Crippen LogP contribution in [-0.4, -0.2) is 95.1 Å². The molecule has 39 heavy (non-hydrogen) atoms. The fraction of sp³-hybridized carbons (Fsp3) is 0.852. The molecule has 10 nitrogen and oxygen atoms in total. The molecule has 4 amide bonds. The van der Waals surface area contributed by atoms with Gasteiger partial charge < -0.3 is 25.4 Å². The first-order valence-electron chi connectivity index (χ1n) is 14.0. The lowest BCUT2D eigenvalue weighted by molar-refractivity contribution is -0.130. The van der Waals surface area contributed by atoms with Gasteiger partial charge in [-0.05, 0) is 50.9 Å². The summed E-state index contributed by atoms with van der Waals surface area (Å²) in [6, 6.07) is -1.59. The predicted molar refractivity (Wildman–Crippen MR) is 139 cm³/mol. The number of nitrogens with zero attached hydrogens (tertiary/aromatic N) is 2. The van der Waals surface area contributed by atoms with Crippen LogP contribution in [0.1, 0.15) is 78.6 Å². The molecule has 0 aromatic heterocycles. The molecule has 3 N–H and O–H groups in total. The predicted octanol–water partition coefficient (Wildman–Crippen LogP) is 2.43. The molecule has 2 saturated heterocycles. The number of hydrogen-bond donors (Lipinski definition) is 3. The molecular formula is C27H44F2N4O6. The number of piperidine rings is 1. The van der Waals surface area contributed by atoms with E-state index in [1.165, 1.54) is 18.9 Å². The Kier molecular flexibility index (Phi) is 10.2. The summed E-state index contributed by atoms with van der Waals surface area (Å²) in [6.07, 6.45) is 0.538. The lowest BCUT2D eigenvalue weighted by Gasteiger charge is -2.39. The average Bonchev–Trinajstić information content (AvgIpc) is 3.16. The van der Waals surface area contributed by atoms with Crippen LogP contribution in [0.3, 0.4) is 0 Å². The molecule has 12 heteroatoms. The molecule has 3 atom stereocenters. The van der Waals surface area contributed by atoms with Gasteiger partial charge in [0.2, 0.25) is 23.6 Å². The number of ether oxygens (including phenoxy) is 1. The maximum atomic E-state index is 13.5. The van der Waals surface area contributed by atoms with Gasteiger partial charge in [0, 0.05) is 51.4 Å². The first kappa shape index (κ1) is 31.0. The van der Waals surface area contributed by atoms with Crippen LogP contribution in [-0.2, 0) is 19.1 Å². The first-order valence-corrected chi connectivity index (χ1v) is 14.0. The maximum Gasteiger partial charge on any atom is 0.410 e. The zero-order valence-electron chi connectivity index (χ0n) is 23.5. The quantitative estimate of drug-likeness (QED) is 0.399. The van der Waals surface area contributed by atoms with Crippen LogP contribution in [0.15, 0.2) is 0 Å². The number of likely N-dealkylation sites (tertiary alicyclic amines) is 1.